The van der Waals surface area contributed by atoms with Crippen LogP contribution < -0.4 is 19.5 Å². The van der Waals surface area contributed by atoms with Crippen molar-refractivity contribution in [2.45, 2.75) is 13.5 Å². The molecular weight excluding hydrogens is 364 g/mol. The first kappa shape index (κ1) is 18.7. The van der Waals surface area contributed by atoms with E-state index in [9.17, 15) is 4.79 Å². The van der Waals surface area contributed by atoms with Crippen molar-refractivity contribution in [1.29, 1.82) is 0 Å². The van der Waals surface area contributed by atoms with Crippen LogP contribution in [0.25, 0.3) is 0 Å². The first-order valence-electron chi connectivity index (χ1n) is 8.26. The number of nitrogens with one attached hydrogen (secondary N) is 1. The summed E-state index contributed by atoms with van der Waals surface area (Å²) in [6.07, 6.45) is 0. The molecule has 1 amide bonds. The summed E-state index contributed by atoms with van der Waals surface area (Å²) in [6.45, 7) is 2.36. The number of carbonyl (C=O) groups is 1. The van der Waals surface area contributed by atoms with E-state index in [0.29, 0.717) is 35.1 Å². The largest absolute Gasteiger partial charge is 0.497 e. The Morgan fingerprint density at radius 1 is 1.07 bits per heavy atom. The summed E-state index contributed by atoms with van der Waals surface area (Å²) in [5.74, 6) is 1.62. The number of hydrogen-bond acceptors (Lipinski definition) is 6. The van der Waals surface area contributed by atoms with Crippen LogP contribution in [0.3, 0.4) is 0 Å². The molecule has 0 atom stereocenters. The van der Waals surface area contributed by atoms with Crippen LogP contribution >= 0.6 is 11.3 Å². The quantitative estimate of drug-likeness (QED) is 0.658. The van der Waals surface area contributed by atoms with Gasteiger partial charge in [-0.3, -0.25) is 4.79 Å². The minimum Gasteiger partial charge on any atom is -0.497 e. The van der Waals surface area contributed by atoms with Crippen molar-refractivity contribution in [1.82, 2.24) is 4.98 Å². The van der Waals surface area contributed by atoms with Gasteiger partial charge in [-0.2, -0.15) is 0 Å². The van der Waals surface area contributed by atoms with Gasteiger partial charge in [0.05, 0.1) is 30.6 Å². The molecule has 140 valence electrons. The molecule has 3 aromatic rings. The zero-order chi connectivity index (χ0) is 19.2. The van der Waals surface area contributed by atoms with E-state index in [1.807, 2.05) is 12.3 Å². The zero-order valence-corrected chi connectivity index (χ0v) is 16.1. The second-order valence-electron chi connectivity index (χ2n) is 5.69. The van der Waals surface area contributed by atoms with E-state index < -0.39 is 0 Å². The minimum absolute atomic E-state index is 0.247. The Bertz CT molecular complexity index is 922. The van der Waals surface area contributed by atoms with Gasteiger partial charge in [-0.1, -0.05) is 0 Å². The molecule has 0 bridgehead atoms. The first-order chi connectivity index (χ1) is 13.1. The average molecular weight is 384 g/mol. The maximum absolute atomic E-state index is 12.5. The van der Waals surface area contributed by atoms with Crippen LogP contribution in [-0.2, 0) is 6.61 Å². The third-order valence-electron chi connectivity index (χ3n) is 3.82. The van der Waals surface area contributed by atoms with Gasteiger partial charge >= 0.3 is 0 Å². The van der Waals surface area contributed by atoms with Crippen LogP contribution in [0.4, 0.5) is 5.69 Å². The van der Waals surface area contributed by atoms with E-state index >= 15 is 0 Å². The molecule has 7 heteroatoms. The highest BCUT2D eigenvalue weighted by atomic mass is 32.1. The number of aryl methyl sites for hydroxylation is 1. The fraction of sp³-hybridized carbons (Fsp3) is 0.200. The zero-order valence-electron chi connectivity index (χ0n) is 15.3. The lowest BCUT2D eigenvalue weighted by Gasteiger charge is -2.12. The van der Waals surface area contributed by atoms with Gasteiger partial charge in [-0.15, -0.1) is 11.3 Å². The number of methoxy groups -OCH3 is 2. The molecule has 1 N–H and O–H groups in total. The number of aromatic nitrogens is 1. The fourth-order valence-electron chi connectivity index (χ4n) is 2.44. The lowest BCUT2D eigenvalue weighted by molar-refractivity contribution is 0.102. The molecule has 27 heavy (non-hydrogen) atoms. The van der Waals surface area contributed by atoms with Gasteiger partial charge in [-0.05, 0) is 43.3 Å². The van der Waals surface area contributed by atoms with Crippen molar-refractivity contribution in [3.05, 3.63) is 64.1 Å². The van der Waals surface area contributed by atoms with Crippen LogP contribution in [0.1, 0.15) is 21.1 Å². The van der Waals surface area contributed by atoms with E-state index in [1.165, 1.54) is 0 Å². The van der Waals surface area contributed by atoms with Gasteiger partial charge in [-0.25, -0.2) is 4.98 Å². The average Bonchev–Trinajstić information content (AvgIpc) is 3.12. The number of thiazole rings is 1. The Balaban J connectivity index is 1.65. The minimum atomic E-state index is -0.247. The molecule has 1 heterocycles. The highest BCUT2D eigenvalue weighted by molar-refractivity contribution is 7.09. The normalized spacial score (nSPS) is 10.3. The van der Waals surface area contributed by atoms with Gasteiger partial charge in [0.25, 0.3) is 5.91 Å². The number of amides is 1. The smallest absolute Gasteiger partial charge is 0.255 e. The Morgan fingerprint density at radius 2 is 1.81 bits per heavy atom. The molecule has 0 saturated heterocycles. The van der Waals surface area contributed by atoms with E-state index in [4.69, 9.17) is 14.2 Å². The van der Waals surface area contributed by atoms with Crippen LogP contribution in [0.2, 0.25) is 0 Å². The van der Waals surface area contributed by atoms with E-state index in [-0.39, 0.29) is 5.91 Å². The number of ether oxygens (including phenoxy) is 3. The molecule has 0 aliphatic heterocycles. The van der Waals surface area contributed by atoms with E-state index in [2.05, 4.69) is 10.3 Å². The third kappa shape index (κ3) is 4.77. The summed E-state index contributed by atoms with van der Waals surface area (Å²) in [4.78, 5) is 16.9. The topological polar surface area (TPSA) is 69.7 Å². The number of anilines is 1. The number of nitrogens with zero attached hydrogens (tertiary/aromatic N) is 1. The van der Waals surface area contributed by atoms with Gasteiger partial charge < -0.3 is 19.5 Å². The van der Waals surface area contributed by atoms with Crippen molar-refractivity contribution < 1.29 is 19.0 Å². The van der Waals surface area contributed by atoms with E-state index in [0.717, 1.165) is 10.7 Å². The summed E-state index contributed by atoms with van der Waals surface area (Å²) in [7, 11) is 3.12. The Hall–Kier alpha value is -3.06. The first-order valence-corrected chi connectivity index (χ1v) is 9.14. The van der Waals surface area contributed by atoms with Gasteiger partial charge in [0.2, 0.25) is 0 Å². The SMILES string of the molecule is COc1ccc(OC)c(NC(=O)c2ccc(OCc3csc(C)n3)cc2)c1. The summed E-state index contributed by atoms with van der Waals surface area (Å²) in [5.41, 5.74) is 1.95. The molecule has 0 unspecified atom stereocenters. The maximum atomic E-state index is 12.5. The number of rotatable bonds is 7. The summed E-state index contributed by atoms with van der Waals surface area (Å²) in [5, 5.41) is 5.82. The van der Waals surface area contributed by atoms with Gasteiger partial charge in [0.15, 0.2) is 0 Å². The van der Waals surface area contributed by atoms with Crippen LogP contribution in [0.15, 0.2) is 47.8 Å². The number of carbonyl (C=O) groups excluding carboxylic acids is 1. The monoisotopic (exact) mass is 384 g/mol. The Labute approximate surface area is 161 Å². The van der Waals surface area contributed by atoms with E-state index in [1.54, 1.807) is 68.0 Å². The third-order valence-corrected chi connectivity index (χ3v) is 4.65. The lowest BCUT2D eigenvalue weighted by Crippen LogP contribution is -2.12. The van der Waals surface area contributed by atoms with Crippen molar-refractivity contribution >= 4 is 22.9 Å². The van der Waals surface area contributed by atoms with Crippen molar-refractivity contribution in [2.75, 3.05) is 19.5 Å². The molecule has 0 aliphatic rings. The maximum Gasteiger partial charge on any atom is 0.255 e. The van der Waals surface area contributed by atoms with Crippen LogP contribution in [-0.4, -0.2) is 25.1 Å². The predicted molar refractivity (Wildman–Crippen MR) is 105 cm³/mol. The Kier molecular flexibility index (Phi) is 5.93. The highest BCUT2D eigenvalue weighted by Crippen LogP contribution is 2.29. The molecule has 2 aromatic carbocycles. The fourth-order valence-corrected chi connectivity index (χ4v) is 3.04. The molecule has 3 rings (SSSR count). The van der Waals surface area contributed by atoms with Crippen molar-refractivity contribution in [3.8, 4) is 17.2 Å². The van der Waals surface area contributed by atoms with Gasteiger partial charge in [0, 0.05) is 17.0 Å². The molecule has 0 radical (unpaired) electrons. The summed E-state index contributed by atoms with van der Waals surface area (Å²) in [6, 6.07) is 12.2. The Morgan fingerprint density at radius 3 is 2.44 bits per heavy atom. The molecular formula is C20H20N2O4S. The van der Waals surface area contributed by atoms with Crippen molar-refractivity contribution in [2.24, 2.45) is 0 Å². The molecule has 0 spiro atoms. The predicted octanol–water partition coefficient (Wildman–Crippen LogP) is 4.30. The van der Waals surface area contributed by atoms with Crippen LogP contribution in [0, 0.1) is 6.92 Å². The lowest BCUT2D eigenvalue weighted by atomic mass is 10.2. The molecule has 6 nitrogen and oxygen atoms in total. The number of hydrogen-bond donors (Lipinski definition) is 1. The standard InChI is InChI=1S/C20H20N2O4S/c1-13-21-15(12-27-13)11-26-16-6-4-14(5-7-16)20(23)22-18-10-17(24-2)8-9-19(18)25-3/h4-10,12H,11H2,1-3H3,(H,22,23). The summed E-state index contributed by atoms with van der Waals surface area (Å²) >= 11 is 1.59. The second-order valence-corrected chi connectivity index (χ2v) is 6.75. The number of benzene rings is 2. The second kappa shape index (κ2) is 8.55. The highest BCUT2D eigenvalue weighted by Gasteiger charge is 2.11. The van der Waals surface area contributed by atoms with Crippen molar-refractivity contribution in [3.63, 3.8) is 0 Å². The molecule has 1 aromatic heterocycles. The van der Waals surface area contributed by atoms with Crippen LogP contribution in [0.5, 0.6) is 17.2 Å². The molecule has 0 aliphatic carbocycles. The molecule has 0 saturated carbocycles. The molecule has 0 fully saturated rings. The summed E-state index contributed by atoms with van der Waals surface area (Å²) < 4.78 is 16.2. The van der Waals surface area contributed by atoms with Gasteiger partial charge in [0.1, 0.15) is 23.9 Å².